The lowest BCUT2D eigenvalue weighted by molar-refractivity contribution is -0.153. The summed E-state index contributed by atoms with van der Waals surface area (Å²) < 4.78 is 14.5. The summed E-state index contributed by atoms with van der Waals surface area (Å²) in [5.74, 6) is -2.02. The monoisotopic (exact) mass is 245 g/mol. The summed E-state index contributed by atoms with van der Waals surface area (Å²) in [6.45, 7) is 5.67. The molecule has 7 heteroatoms. The van der Waals surface area contributed by atoms with Gasteiger partial charge in [-0.15, -0.1) is 0 Å². The zero-order valence-corrected chi connectivity index (χ0v) is 11.0. The highest BCUT2D eigenvalue weighted by Gasteiger charge is 2.36. The van der Waals surface area contributed by atoms with Crippen molar-refractivity contribution < 1.29 is 28.3 Å². The van der Waals surface area contributed by atoms with Crippen LogP contribution < -0.4 is 0 Å². The van der Waals surface area contributed by atoms with Crippen molar-refractivity contribution in [2.24, 2.45) is 5.41 Å². The molecule has 0 saturated carbocycles. The first kappa shape index (κ1) is 15.5. The minimum Gasteiger partial charge on any atom is -0.623 e. The molecule has 0 aliphatic rings. The van der Waals surface area contributed by atoms with Gasteiger partial charge in [0.1, 0.15) is 0 Å². The van der Waals surface area contributed by atoms with Gasteiger partial charge in [0.05, 0.1) is 5.41 Å². The molecule has 0 aromatic carbocycles. The molecule has 0 radical (unpaired) electrons. The van der Waals surface area contributed by atoms with E-state index in [1.807, 2.05) is 0 Å². The minimum atomic E-state index is -2.73. The molecule has 0 spiro atoms. The molecular formula is C10H18BO6-. The predicted octanol–water partition coefficient (Wildman–Crippen LogP) is 1.27. The maximum atomic E-state index is 11.7. The summed E-state index contributed by atoms with van der Waals surface area (Å²) in [6, 6.07) is 0. The summed E-state index contributed by atoms with van der Waals surface area (Å²) in [4.78, 5) is 33.4. The first-order chi connectivity index (χ1) is 7.46. The van der Waals surface area contributed by atoms with E-state index in [0.717, 1.165) is 13.8 Å². The van der Waals surface area contributed by atoms with Gasteiger partial charge in [-0.05, 0) is 20.8 Å². The van der Waals surface area contributed by atoms with Crippen molar-refractivity contribution in [3.63, 3.8) is 0 Å². The lowest BCUT2D eigenvalue weighted by Gasteiger charge is -2.38. The van der Waals surface area contributed by atoms with Crippen LogP contribution in [0.3, 0.4) is 0 Å². The Kier molecular flexibility index (Phi) is 4.74. The number of carbonyl (C=O) groups is 3. The van der Waals surface area contributed by atoms with Crippen molar-refractivity contribution in [3.8, 4) is 0 Å². The molecule has 0 fully saturated rings. The van der Waals surface area contributed by atoms with Crippen molar-refractivity contribution in [2.75, 3.05) is 0 Å². The SMILES string of the molecule is CC(=O)O[B-](C)(OC(C)=O)OC(=O)C(C)(C)C. The van der Waals surface area contributed by atoms with Crippen molar-refractivity contribution in [1.29, 1.82) is 0 Å². The fraction of sp³-hybridized carbons (Fsp3) is 0.700. The van der Waals surface area contributed by atoms with Gasteiger partial charge in [-0.25, -0.2) is 0 Å². The van der Waals surface area contributed by atoms with Gasteiger partial charge in [0.2, 0.25) is 0 Å². The van der Waals surface area contributed by atoms with E-state index >= 15 is 0 Å². The van der Waals surface area contributed by atoms with Crippen LogP contribution in [0.15, 0.2) is 0 Å². The molecular weight excluding hydrogens is 227 g/mol. The molecule has 6 nitrogen and oxygen atoms in total. The molecule has 0 unspecified atom stereocenters. The van der Waals surface area contributed by atoms with Crippen molar-refractivity contribution in [3.05, 3.63) is 0 Å². The fourth-order valence-electron chi connectivity index (χ4n) is 1.05. The standard InChI is InChI=1S/C10H18BO6/c1-7(12)15-11(6,16-8(2)13)17-9(14)10(3,4)5/h1-6H3/q-1. The quantitative estimate of drug-likeness (QED) is 0.696. The molecule has 0 N–H and O–H groups in total. The second kappa shape index (κ2) is 5.20. The average Bonchev–Trinajstić information content (AvgIpc) is 1.96. The Bertz CT molecular complexity index is 314. The summed E-state index contributed by atoms with van der Waals surface area (Å²) in [7, 11) is 0. The maximum Gasteiger partial charge on any atom is 0.551 e. The molecule has 0 atom stereocenters. The molecule has 0 heterocycles. The molecule has 0 saturated heterocycles. The van der Waals surface area contributed by atoms with Crippen molar-refractivity contribution >= 4 is 24.7 Å². The van der Waals surface area contributed by atoms with Gasteiger partial charge in [-0.1, -0.05) is 6.82 Å². The third-order valence-corrected chi connectivity index (χ3v) is 1.69. The zero-order valence-electron chi connectivity index (χ0n) is 11.0. The van der Waals surface area contributed by atoms with Gasteiger partial charge in [-0.3, -0.25) is 14.4 Å². The first-order valence-electron chi connectivity index (χ1n) is 5.26. The van der Waals surface area contributed by atoms with E-state index in [1.165, 1.54) is 6.82 Å². The van der Waals surface area contributed by atoms with E-state index in [9.17, 15) is 14.4 Å². The Labute approximate surface area is 101 Å². The van der Waals surface area contributed by atoms with Crippen LogP contribution in [0, 0.1) is 5.41 Å². The molecule has 0 aliphatic carbocycles. The van der Waals surface area contributed by atoms with Gasteiger partial charge in [0, 0.05) is 13.8 Å². The number of rotatable bonds is 3. The van der Waals surface area contributed by atoms with E-state index in [2.05, 4.69) is 0 Å². The fourth-order valence-corrected chi connectivity index (χ4v) is 1.05. The second-order valence-corrected chi connectivity index (χ2v) is 4.87. The van der Waals surface area contributed by atoms with E-state index in [4.69, 9.17) is 14.0 Å². The lowest BCUT2D eigenvalue weighted by atomic mass is 9.81. The minimum absolute atomic E-state index is 0.623. The molecule has 0 aromatic heterocycles. The highest BCUT2D eigenvalue weighted by molar-refractivity contribution is 6.64. The zero-order chi connectivity index (χ0) is 13.9. The molecule has 0 amide bonds. The number of hydrogen-bond donors (Lipinski definition) is 0. The van der Waals surface area contributed by atoms with Gasteiger partial charge < -0.3 is 14.0 Å². The van der Waals surface area contributed by atoms with Crippen LogP contribution in [0.5, 0.6) is 0 Å². The number of carbonyl (C=O) groups excluding carboxylic acids is 3. The van der Waals surface area contributed by atoms with Gasteiger partial charge in [-0.2, -0.15) is 0 Å². The Balaban J connectivity index is 4.88. The molecule has 0 aromatic rings. The molecule has 17 heavy (non-hydrogen) atoms. The van der Waals surface area contributed by atoms with Crippen LogP contribution in [0.25, 0.3) is 0 Å². The van der Waals surface area contributed by atoms with Crippen LogP contribution in [0.2, 0.25) is 6.82 Å². The van der Waals surface area contributed by atoms with Crippen LogP contribution >= 0.6 is 0 Å². The largest absolute Gasteiger partial charge is 0.623 e. The van der Waals surface area contributed by atoms with E-state index in [0.29, 0.717) is 0 Å². The third kappa shape index (κ3) is 5.94. The Morgan fingerprint density at radius 2 is 1.24 bits per heavy atom. The van der Waals surface area contributed by atoms with Crippen molar-refractivity contribution in [2.45, 2.75) is 41.4 Å². The van der Waals surface area contributed by atoms with E-state index < -0.39 is 30.1 Å². The Hall–Kier alpha value is -1.53. The van der Waals surface area contributed by atoms with E-state index in [1.54, 1.807) is 20.8 Å². The molecule has 98 valence electrons. The van der Waals surface area contributed by atoms with Crippen LogP contribution in [-0.4, -0.2) is 24.7 Å². The average molecular weight is 245 g/mol. The summed E-state index contributed by atoms with van der Waals surface area (Å²) >= 11 is 0. The topological polar surface area (TPSA) is 78.9 Å². The lowest BCUT2D eigenvalue weighted by Crippen LogP contribution is -2.48. The highest BCUT2D eigenvalue weighted by Crippen LogP contribution is 2.20. The van der Waals surface area contributed by atoms with Gasteiger partial charge in [0.15, 0.2) is 0 Å². The first-order valence-corrected chi connectivity index (χ1v) is 5.26. The predicted molar refractivity (Wildman–Crippen MR) is 60.7 cm³/mol. The van der Waals surface area contributed by atoms with Gasteiger partial charge >= 0.3 is 6.75 Å². The summed E-state index contributed by atoms with van der Waals surface area (Å²) in [6.07, 6.45) is 0. The summed E-state index contributed by atoms with van der Waals surface area (Å²) in [5.41, 5.74) is -0.788. The van der Waals surface area contributed by atoms with E-state index in [-0.39, 0.29) is 0 Å². The van der Waals surface area contributed by atoms with Gasteiger partial charge in [0.25, 0.3) is 17.9 Å². The number of hydrogen-bond acceptors (Lipinski definition) is 6. The van der Waals surface area contributed by atoms with Crippen LogP contribution in [0.1, 0.15) is 34.6 Å². The van der Waals surface area contributed by atoms with Crippen LogP contribution in [0.4, 0.5) is 0 Å². The Morgan fingerprint density at radius 1 is 0.882 bits per heavy atom. The summed E-state index contributed by atoms with van der Waals surface area (Å²) in [5, 5.41) is 0. The molecule has 0 rings (SSSR count). The maximum absolute atomic E-state index is 11.7. The molecule has 0 aliphatic heterocycles. The Morgan fingerprint density at radius 3 is 1.47 bits per heavy atom. The second-order valence-electron chi connectivity index (χ2n) is 4.87. The smallest absolute Gasteiger partial charge is 0.551 e. The van der Waals surface area contributed by atoms with Crippen LogP contribution in [-0.2, 0) is 28.3 Å². The molecule has 0 bridgehead atoms. The van der Waals surface area contributed by atoms with Crippen molar-refractivity contribution in [1.82, 2.24) is 0 Å². The highest BCUT2D eigenvalue weighted by atomic mass is 16.8. The normalized spacial score (nSPS) is 11.6. The third-order valence-electron chi connectivity index (χ3n) is 1.69.